The number of carbonyl (C=O) groups excluding carboxylic acids is 1. The van der Waals surface area contributed by atoms with Gasteiger partial charge in [0.05, 0.1) is 11.1 Å². The molecule has 10 heteroatoms. The number of fused-ring (bicyclic) bond motifs is 1. The Kier molecular flexibility index (Phi) is 8.37. The highest BCUT2D eigenvalue weighted by molar-refractivity contribution is 9.10. The summed E-state index contributed by atoms with van der Waals surface area (Å²) < 4.78 is 14.8. The molecule has 7 nitrogen and oxygen atoms in total. The normalized spacial score (nSPS) is 16.2. The van der Waals surface area contributed by atoms with E-state index in [0.29, 0.717) is 53.0 Å². The van der Waals surface area contributed by atoms with Gasteiger partial charge in [0, 0.05) is 28.5 Å². The molecule has 0 saturated carbocycles. The first-order chi connectivity index (χ1) is 20.0. The van der Waals surface area contributed by atoms with Crippen molar-refractivity contribution < 1.29 is 14.3 Å². The largest absolute Gasteiger partial charge is 0.490 e. The number of hydrogen-bond acceptors (Lipinski definition) is 7. The smallest absolute Gasteiger partial charge is 0.227 e. The summed E-state index contributed by atoms with van der Waals surface area (Å²) in [6, 6.07) is 21.3. The molecular weight excluding hydrogens is 624 g/mol. The van der Waals surface area contributed by atoms with Crippen molar-refractivity contribution in [2.75, 3.05) is 11.9 Å². The maximum Gasteiger partial charge on any atom is 0.227 e. The maximum atomic E-state index is 13.4. The van der Waals surface area contributed by atoms with Crippen molar-refractivity contribution in [2.24, 2.45) is 0 Å². The lowest BCUT2D eigenvalue weighted by Gasteiger charge is -2.32. The van der Waals surface area contributed by atoms with Crippen LogP contribution < -0.4 is 14.8 Å². The number of carbonyl (C=O) groups is 1. The molecule has 1 unspecified atom stereocenters. The van der Waals surface area contributed by atoms with E-state index in [2.05, 4.69) is 21.2 Å². The molecule has 1 N–H and O–H groups in total. The molecule has 1 aliphatic carbocycles. The zero-order valence-corrected chi connectivity index (χ0v) is 25.6. The van der Waals surface area contributed by atoms with Crippen molar-refractivity contribution >= 4 is 51.0 Å². The second-order valence-corrected chi connectivity index (χ2v) is 12.0. The number of benzene rings is 3. The zero-order chi connectivity index (χ0) is 28.3. The van der Waals surface area contributed by atoms with Gasteiger partial charge in [0.15, 0.2) is 17.3 Å². The molecule has 210 valence electrons. The van der Waals surface area contributed by atoms with Gasteiger partial charge in [-0.1, -0.05) is 71.9 Å². The molecule has 0 radical (unpaired) electrons. The Morgan fingerprint density at radius 1 is 1.10 bits per heavy atom. The second-order valence-electron chi connectivity index (χ2n) is 9.78. The second kappa shape index (κ2) is 12.3. The van der Waals surface area contributed by atoms with Gasteiger partial charge in [-0.3, -0.25) is 4.79 Å². The summed E-state index contributed by atoms with van der Waals surface area (Å²) in [4.78, 5) is 18.1. The third-order valence-electron chi connectivity index (χ3n) is 7.04. The van der Waals surface area contributed by atoms with E-state index in [1.807, 2.05) is 78.3 Å². The Morgan fingerprint density at radius 2 is 1.90 bits per heavy atom. The van der Waals surface area contributed by atoms with Gasteiger partial charge in [-0.15, -0.1) is 5.10 Å². The fourth-order valence-electron chi connectivity index (χ4n) is 5.14. The lowest BCUT2D eigenvalue weighted by Crippen LogP contribution is -2.31. The number of rotatable bonds is 9. The van der Waals surface area contributed by atoms with Crippen LogP contribution in [0.2, 0.25) is 5.02 Å². The monoisotopic (exact) mass is 650 g/mol. The summed E-state index contributed by atoms with van der Waals surface area (Å²) in [7, 11) is 0. The number of aromatic nitrogens is 3. The standard InChI is InChI=1S/C31H28BrClN4O3S/c1-2-39-26-16-21(15-22(32)29(26)40-17-19-9-4-3-5-10-19)28-27-24(13-8-14-25(27)38)34-30-35-31(36-37(28)30)41-18-20-11-6-7-12-23(20)33/h3-7,9-12,15-16,28H,2,8,13-14,17-18H2,1H3,(H,34,35,36). The van der Waals surface area contributed by atoms with Crippen molar-refractivity contribution in [2.45, 2.75) is 49.7 Å². The number of ketones is 1. The molecule has 3 aromatic carbocycles. The predicted molar refractivity (Wildman–Crippen MR) is 165 cm³/mol. The number of hydrogen-bond donors (Lipinski definition) is 1. The van der Waals surface area contributed by atoms with Crippen LogP contribution in [0, 0.1) is 0 Å². The molecule has 0 bridgehead atoms. The maximum absolute atomic E-state index is 13.4. The number of anilines is 1. The van der Waals surface area contributed by atoms with Crippen LogP contribution in [0.15, 0.2) is 87.6 Å². The van der Waals surface area contributed by atoms with Crippen LogP contribution in [0.3, 0.4) is 0 Å². The molecule has 41 heavy (non-hydrogen) atoms. The third-order valence-corrected chi connectivity index (χ3v) is 8.88. The van der Waals surface area contributed by atoms with Gasteiger partial charge in [0.25, 0.3) is 0 Å². The van der Waals surface area contributed by atoms with Crippen LogP contribution in [0.1, 0.15) is 48.9 Å². The minimum atomic E-state index is -0.449. The van der Waals surface area contributed by atoms with Crippen LogP contribution in [0.4, 0.5) is 5.95 Å². The first kappa shape index (κ1) is 27.9. The SMILES string of the molecule is CCOc1cc(C2C3=C(CCCC3=O)Nc3nc(SCc4ccccc4Cl)nn32)cc(Br)c1OCc1ccccc1. The quantitative estimate of drug-likeness (QED) is 0.184. The average Bonchev–Trinajstić information content (AvgIpc) is 3.38. The molecule has 0 saturated heterocycles. The highest BCUT2D eigenvalue weighted by atomic mass is 79.9. The van der Waals surface area contributed by atoms with E-state index < -0.39 is 6.04 Å². The summed E-state index contributed by atoms with van der Waals surface area (Å²) >= 11 is 11.6. The minimum absolute atomic E-state index is 0.119. The summed E-state index contributed by atoms with van der Waals surface area (Å²) in [5, 5.41) is 9.60. The Labute approximate surface area is 256 Å². The van der Waals surface area contributed by atoms with Crippen LogP contribution in [0.5, 0.6) is 11.5 Å². The molecule has 1 atom stereocenters. The van der Waals surface area contributed by atoms with E-state index in [1.54, 1.807) is 0 Å². The number of allylic oxidation sites excluding steroid dienone is 2. The molecule has 2 aliphatic rings. The highest BCUT2D eigenvalue weighted by Crippen LogP contribution is 2.45. The number of ether oxygens (including phenoxy) is 2. The van der Waals surface area contributed by atoms with Crippen molar-refractivity contribution in [1.82, 2.24) is 14.8 Å². The fraction of sp³-hybridized carbons (Fsp3) is 0.258. The van der Waals surface area contributed by atoms with Crippen molar-refractivity contribution in [3.8, 4) is 11.5 Å². The molecule has 4 aromatic rings. The number of Topliss-reactive ketones (excluding diaryl/α,β-unsaturated/α-hetero) is 1. The van der Waals surface area contributed by atoms with Crippen molar-refractivity contribution in [1.29, 1.82) is 0 Å². The predicted octanol–water partition coefficient (Wildman–Crippen LogP) is 7.99. The summed E-state index contributed by atoms with van der Waals surface area (Å²) in [6.45, 7) is 2.81. The van der Waals surface area contributed by atoms with E-state index in [0.717, 1.165) is 45.3 Å². The molecule has 1 aromatic heterocycles. The Hall–Kier alpha value is -3.27. The zero-order valence-electron chi connectivity index (χ0n) is 22.4. The van der Waals surface area contributed by atoms with Crippen LogP contribution in [-0.2, 0) is 17.2 Å². The number of thioether (sulfide) groups is 1. The van der Waals surface area contributed by atoms with Gasteiger partial charge in [0.2, 0.25) is 11.1 Å². The van der Waals surface area contributed by atoms with E-state index in [-0.39, 0.29) is 5.78 Å². The van der Waals surface area contributed by atoms with Gasteiger partial charge < -0.3 is 14.8 Å². The lowest BCUT2D eigenvalue weighted by atomic mass is 9.85. The molecule has 0 spiro atoms. The van der Waals surface area contributed by atoms with E-state index >= 15 is 0 Å². The Morgan fingerprint density at radius 3 is 2.71 bits per heavy atom. The summed E-state index contributed by atoms with van der Waals surface area (Å²) in [5.74, 6) is 2.59. The van der Waals surface area contributed by atoms with E-state index in [1.165, 1.54) is 11.8 Å². The van der Waals surface area contributed by atoms with Gasteiger partial charge in [-0.25, -0.2) is 4.68 Å². The number of nitrogens with zero attached hydrogens (tertiary/aromatic N) is 3. The van der Waals surface area contributed by atoms with Gasteiger partial charge >= 0.3 is 0 Å². The highest BCUT2D eigenvalue weighted by Gasteiger charge is 2.37. The molecule has 2 heterocycles. The van der Waals surface area contributed by atoms with Gasteiger partial charge in [-0.2, -0.15) is 4.98 Å². The Bertz CT molecular complexity index is 1630. The number of halogens is 2. The fourth-order valence-corrected chi connectivity index (χ4v) is 6.83. The number of nitrogens with one attached hydrogen (secondary N) is 1. The topological polar surface area (TPSA) is 78.3 Å². The first-order valence-electron chi connectivity index (χ1n) is 13.5. The van der Waals surface area contributed by atoms with Crippen molar-refractivity contribution in [3.63, 3.8) is 0 Å². The van der Waals surface area contributed by atoms with Crippen LogP contribution >= 0.6 is 39.3 Å². The molecule has 6 rings (SSSR count). The molecule has 0 amide bonds. The molecule has 1 aliphatic heterocycles. The minimum Gasteiger partial charge on any atom is -0.490 e. The molecule has 0 fully saturated rings. The average molecular weight is 652 g/mol. The summed E-state index contributed by atoms with van der Waals surface area (Å²) in [5.41, 5.74) is 4.57. The van der Waals surface area contributed by atoms with E-state index in [9.17, 15) is 4.79 Å². The molecular formula is C31H28BrClN4O3S. The van der Waals surface area contributed by atoms with Crippen LogP contribution in [-0.4, -0.2) is 27.2 Å². The van der Waals surface area contributed by atoms with Gasteiger partial charge in [-0.05, 0) is 70.6 Å². The third kappa shape index (κ3) is 5.89. The lowest BCUT2D eigenvalue weighted by molar-refractivity contribution is -0.116. The summed E-state index contributed by atoms with van der Waals surface area (Å²) in [6.07, 6.45) is 2.09. The Balaban J connectivity index is 1.37. The van der Waals surface area contributed by atoms with Crippen molar-refractivity contribution in [3.05, 3.63) is 104 Å². The van der Waals surface area contributed by atoms with Crippen LogP contribution in [0.25, 0.3) is 0 Å². The van der Waals surface area contributed by atoms with Gasteiger partial charge in [0.1, 0.15) is 12.6 Å². The van der Waals surface area contributed by atoms with E-state index in [4.69, 9.17) is 31.2 Å². The first-order valence-corrected chi connectivity index (χ1v) is 15.7.